The van der Waals surface area contributed by atoms with E-state index in [-0.39, 0.29) is 5.82 Å². The summed E-state index contributed by atoms with van der Waals surface area (Å²) in [4.78, 5) is 0. The van der Waals surface area contributed by atoms with Crippen LogP contribution >= 0.6 is 12.2 Å². The Hall–Kier alpha value is -2.14. The third-order valence-electron chi connectivity index (χ3n) is 2.70. The molecule has 0 heterocycles. The fraction of sp³-hybridized carbons (Fsp3) is 0.133. The Morgan fingerprint density at radius 2 is 1.95 bits per heavy atom. The molecule has 0 radical (unpaired) electrons. The van der Waals surface area contributed by atoms with Gasteiger partial charge in [-0.05, 0) is 49.0 Å². The predicted octanol–water partition coefficient (Wildman–Crippen LogP) is 3.95. The summed E-state index contributed by atoms with van der Waals surface area (Å²) in [6.45, 7) is 1.83. The first-order chi connectivity index (χ1) is 9.58. The van der Waals surface area contributed by atoms with Crippen molar-refractivity contribution in [1.82, 2.24) is 0 Å². The lowest BCUT2D eigenvalue weighted by atomic mass is 10.2. The molecule has 0 spiro atoms. The number of thiocarbonyl (C=S) groups is 1. The molecule has 20 heavy (non-hydrogen) atoms. The lowest BCUT2D eigenvalue weighted by Crippen LogP contribution is -2.19. The summed E-state index contributed by atoms with van der Waals surface area (Å²) in [6.07, 6.45) is 0. The first-order valence-electron chi connectivity index (χ1n) is 6.06. The van der Waals surface area contributed by atoms with Crippen LogP contribution in [-0.4, -0.2) is 12.2 Å². The first kappa shape index (κ1) is 14.3. The SMILES string of the molecule is COc1cccc(NC(=S)Nc2ccc(C)cc2F)c1. The van der Waals surface area contributed by atoms with Crippen LogP contribution in [0.2, 0.25) is 0 Å². The van der Waals surface area contributed by atoms with Crippen molar-refractivity contribution in [3.63, 3.8) is 0 Å². The van der Waals surface area contributed by atoms with Gasteiger partial charge in [0.05, 0.1) is 12.8 Å². The molecular weight excluding hydrogens is 275 g/mol. The van der Waals surface area contributed by atoms with Gasteiger partial charge >= 0.3 is 0 Å². The topological polar surface area (TPSA) is 33.3 Å². The Morgan fingerprint density at radius 1 is 1.15 bits per heavy atom. The molecule has 0 aromatic heterocycles. The number of aryl methyl sites for hydroxylation is 1. The fourth-order valence-electron chi connectivity index (χ4n) is 1.71. The maximum absolute atomic E-state index is 13.7. The molecule has 0 unspecified atom stereocenters. The highest BCUT2D eigenvalue weighted by molar-refractivity contribution is 7.80. The summed E-state index contributed by atoms with van der Waals surface area (Å²) in [5.74, 6) is 0.388. The molecule has 0 bridgehead atoms. The average Bonchev–Trinajstić information content (AvgIpc) is 2.42. The van der Waals surface area contributed by atoms with Gasteiger partial charge in [0, 0.05) is 11.8 Å². The molecule has 0 aliphatic heterocycles. The van der Waals surface area contributed by atoms with Gasteiger partial charge in [0.25, 0.3) is 0 Å². The number of benzene rings is 2. The minimum absolute atomic E-state index is 0.320. The summed E-state index contributed by atoms with van der Waals surface area (Å²) in [5, 5.41) is 6.13. The van der Waals surface area contributed by atoms with Gasteiger partial charge in [0.2, 0.25) is 0 Å². The Balaban J connectivity index is 2.05. The van der Waals surface area contributed by atoms with Crippen LogP contribution in [0.5, 0.6) is 5.75 Å². The van der Waals surface area contributed by atoms with Gasteiger partial charge in [-0.1, -0.05) is 12.1 Å². The summed E-state index contributed by atoms with van der Waals surface area (Å²) in [5.41, 5.74) is 1.98. The number of rotatable bonds is 3. The van der Waals surface area contributed by atoms with Crippen LogP contribution in [0.1, 0.15) is 5.56 Å². The number of ether oxygens (including phenoxy) is 1. The summed E-state index contributed by atoms with van der Waals surface area (Å²) < 4.78 is 18.8. The molecule has 2 rings (SSSR count). The minimum Gasteiger partial charge on any atom is -0.497 e. The molecule has 0 fully saturated rings. The van der Waals surface area contributed by atoms with E-state index in [2.05, 4.69) is 10.6 Å². The predicted molar refractivity (Wildman–Crippen MR) is 84.0 cm³/mol. The van der Waals surface area contributed by atoms with Gasteiger partial charge in [-0.3, -0.25) is 0 Å². The number of hydrogen-bond acceptors (Lipinski definition) is 2. The smallest absolute Gasteiger partial charge is 0.175 e. The Kier molecular flexibility index (Phi) is 4.53. The molecule has 0 atom stereocenters. The molecule has 2 N–H and O–H groups in total. The Bertz CT molecular complexity index is 631. The largest absolute Gasteiger partial charge is 0.497 e. The quantitative estimate of drug-likeness (QED) is 0.839. The normalized spacial score (nSPS) is 9.95. The molecule has 104 valence electrons. The molecular formula is C15H15FN2OS. The van der Waals surface area contributed by atoms with E-state index in [1.165, 1.54) is 6.07 Å². The minimum atomic E-state index is -0.334. The molecule has 0 aliphatic carbocycles. The molecule has 5 heteroatoms. The van der Waals surface area contributed by atoms with Gasteiger partial charge in [0.1, 0.15) is 11.6 Å². The highest BCUT2D eigenvalue weighted by Crippen LogP contribution is 2.18. The van der Waals surface area contributed by atoms with E-state index in [9.17, 15) is 4.39 Å². The third-order valence-corrected chi connectivity index (χ3v) is 2.90. The molecule has 2 aromatic rings. The van der Waals surface area contributed by atoms with Crippen LogP contribution in [0.3, 0.4) is 0 Å². The third kappa shape index (κ3) is 3.68. The van der Waals surface area contributed by atoms with E-state index in [1.54, 1.807) is 19.2 Å². The van der Waals surface area contributed by atoms with Crippen LogP contribution in [0.25, 0.3) is 0 Å². The van der Waals surface area contributed by atoms with Crippen molar-refractivity contribution in [2.75, 3.05) is 17.7 Å². The summed E-state index contributed by atoms with van der Waals surface area (Å²) in [7, 11) is 1.59. The van der Waals surface area contributed by atoms with Crippen molar-refractivity contribution in [2.24, 2.45) is 0 Å². The number of hydrogen-bond donors (Lipinski definition) is 2. The van der Waals surface area contributed by atoms with Gasteiger partial charge in [-0.15, -0.1) is 0 Å². The zero-order valence-corrected chi connectivity index (χ0v) is 12.1. The van der Waals surface area contributed by atoms with E-state index in [0.29, 0.717) is 10.8 Å². The molecule has 3 nitrogen and oxygen atoms in total. The van der Waals surface area contributed by atoms with Crippen molar-refractivity contribution >= 4 is 28.7 Å². The molecule has 0 saturated carbocycles. The monoisotopic (exact) mass is 290 g/mol. The second-order valence-electron chi connectivity index (χ2n) is 4.29. The number of anilines is 2. The highest BCUT2D eigenvalue weighted by Gasteiger charge is 2.05. The fourth-order valence-corrected chi connectivity index (χ4v) is 1.93. The van der Waals surface area contributed by atoms with Gasteiger partial charge in [0.15, 0.2) is 5.11 Å². The molecule has 0 saturated heterocycles. The molecule has 0 amide bonds. The number of halogens is 1. The van der Waals surface area contributed by atoms with Crippen LogP contribution in [-0.2, 0) is 0 Å². The second kappa shape index (κ2) is 6.34. The van der Waals surface area contributed by atoms with Crippen molar-refractivity contribution in [2.45, 2.75) is 6.92 Å². The van der Waals surface area contributed by atoms with Gasteiger partial charge in [-0.2, -0.15) is 0 Å². The van der Waals surface area contributed by atoms with Crippen molar-refractivity contribution in [1.29, 1.82) is 0 Å². The van der Waals surface area contributed by atoms with Crippen LogP contribution in [0, 0.1) is 12.7 Å². The second-order valence-corrected chi connectivity index (χ2v) is 4.70. The van der Waals surface area contributed by atoms with Gasteiger partial charge < -0.3 is 15.4 Å². The summed E-state index contributed by atoms with van der Waals surface area (Å²) >= 11 is 5.16. The highest BCUT2D eigenvalue weighted by atomic mass is 32.1. The van der Waals surface area contributed by atoms with Crippen LogP contribution < -0.4 is 15.4 Å². The van der Waals surface area contributed by atoms with E-state index >= 15 is 0 Å². The van der Waals surface area contributed by atoms with Crippen molar-refractivity contribution < 1.29 is 9.13 Å². The van der Waals surface area contributed by atoms with Gasteiger partial charge in [-0.25, -0.2) is 4.39 Å². The average molecular weight is 290 g/mol. The Morgan fingerprint density at radius 3 is 2.65 bits per heavy atom. The zero-order valence-electron chi connectivity index (χ0n) is 11.2. The number of methoxy groups -OCH3 is 1. The molecule has 0 aliphatic rings. The van der Waals surface area contributed by atoms with E-state index in [4.69, 9.17) is 17.0 Å². The Labute approximate surface area is 122 Å². The maximum Gasteiger partial charge on any atom is 0.175 e. The summed E-state index contributed by atoms with van der Waals surface area (Å²) in [6, 6.07) is 12.3. The van der Waals surface area contributed by atoms with E-state index < -0.39 is 0 Å². The lowest BCUT2D eigenvalue weighted by molar-refractivity contribution is 0.415. The van der Waals surface area contributed by atoms with Crippen LogP contribution in [0.15, 0.2) is 42.5 Å². The zero-order chi connectivity index (χ0) is 14.5. The van der Waals surface area contributed by atoms with E-state index in [1.807, 2.05) is 31.2 Å². The van der Waals surface area contributed by atoms with E-state index in [0.717, 1.165) is 17.0 Å². The maximum atomic E-state index is 13.7. The number of nitrogens with one attached hydrogen (secondary N) is 2. The van der Waals surface area contributed by atoms with Crippen LogP contribution in [0.4, 0.5) is 15.8 Å². The first-order valence-corrected chi connectivity index (χ1v) is 6.47. The van der Waals surface area contributed by atoms with Crippen molar-refractivity contribution in [3.05, 3.63) is 53.8 Å². The van der Waals surface area contributed by atoms with Crippen molar-refractivity contribution in [3.8, 4) is 5.75 Å². The standard InChI is InChI=1S/C15H15FN2OS/c1-10-6-7-14(13(16)8-10)18-15(20)17-11-4-3-5-12(9-11)19-2/h3-9H,1-2H3,(H2,17,18,20). The lowest BCUT2D eigenvalue weighted by Gasteiger charge is -2.12. The molecule has 2 aromatic carbocycles.